The molecule has 2 atom stereocenters. The maximum absolute atomic E-state index is 12.1. The van der Waals surface area contributed by atoms with Gasteiger partial charge in [-0.25, -0.2) is 10.4 Å². The van der Waals surface area contributed by atoms with Gasteiger partial charge in [-0.1, -0.05) is 0 Å². The largest absolute Gasteiger partial charge is 0.346 e. The Morgan fingerprint density at radius 3 is 3.19 bits per heavy atom. The number of carbonyl (C=O) groups is 1. The molecule has 110 valence electrons. The van der Waals surface area contributed by atoms with Crippen LogP contribution in [0.1, 0.15) is 24.4 Å². The summed E-state index contributed by atoms with van der Waals surface area (Å²) >= 11 is 1.55. The Labute approximate surface area is 127 Å². The van der Waals surface area contributed by atoms with Crippen molar-refractivity contribution in [1.29, 1.82) is 0 Å². The summed E-state index contributed by atoms with van der Waals surface area (Å²) in [5.41, 5.74) is 7.80. The fourth-order valence-electron chi connectivity index (χ4n) is 2.19. The van der Waals surface area contributed by atoms with Crippen LogP contribution in [0, 0.1) is 0 Å². The minimum atomic E-state index is -0.162. The van der Waals surface area contributed by atoms with Crippen LogP contribution in [0.5, 0.6) is 0 Å². The SMILES string of the molecule is CC(NC(=O)C1CCNN1)c1nc(-c2cccnc2)cs1. The first-order valence-corrected chi connectivity index (χ1v) is 7.76. The van der Waals surface area contributed by atoms with Crippen molar-refractivity contribution in [2.24, 2.45) is 0 Å². The van der Waals surface area contributed by atoms with Crippen LogP contribution in [0.4, 0.5) is 0 Å². The van der Waals surface area contributed by atoms with Crippen LogP contribution in [0.25, 0.3) is 11.3 Å². The van der Waals surface area contributed by atoms with Gasteiger partial charge in [0.15, 0.2) is 0 Å². The van der Waals surface area contributed by atoms with Crippen molar-refractivity contribution in [3.05, 3.63) is 34.9 Å². The zero-order valence-corrected chi connectivity index (χ0v) is 12.5. The third-order valence-corrected chi connectivity index (χ3v) is 4.39. The summed E-state index contributed by atoms with van der Waals surface area (Å²) < 4.78 is 0. The number of nitrogens with one attached hydrogen (secondary N) is 3. The van der Waals surface area contributed by atoms with Crippen molar-refractivity contribution in [3.63, 3.8) is 0 Å². The van der Waals surface area contributed by atoms with E-state index in [0.717, 1.165) is 29.2 Å². The number of pyridine rings is 1. The summed E-state index contributed by atoms with van der Waals surface area (Å²) in [5.74, 6) is 0.00521. The molecule has 0 saturated carbocycles. The van der Waals surface area contributed by atoms with Gasteiger partial charge in [0.2, 0.25) is 5.91 Å². The first kappa shape index (κ1) is 14.1. The number of aromatic nitrogens is 2. The fourth-order valence-corrected chi connectivity index (χ4v) is 3.03. The normalized spacial score (nSPS) is 19.4. The molecule has 7 heteroatoms. The number of hydrogen-bond donors (Lipinski definition) is 3. The van der Waals surface area contributed by atoms with Crippen LogP contribution in [0.2, 0.25) is 0 Å². The van der Waals surface area contributed by atoms with Gasteiger partial charge >= 0.3 is 0 Å². The number of carbonyl (C=O) groups excluding carboxylic acids is 1. The lowest BCUT2D eigenvalue weighted by Crippen LogP contribution is -2.43. The van der Waals surface area contributed by atoms with Crippen LogP contribution in [-0.4, -0.2) is 28.5 Å². The summed E-state index contributed by atoms with van der Waals surface area (Å²) in [6.07, 6.45) is 4.33. The summed E-state index contributed by atoms with van der Waals surface area (Å²) in [5, 5.41) is 5.88. The van der Waals surface area contributed by atoms with E-state index in [0.29, 0.717) is 0 Å². The van der Waals surface area contributed by atoms with Crippen LogP contribution < -0.4 is 16.2 Å². The van der Waals surface area contributed by atoms with E-state index < -0.39 is 0 Å². The van der Waals surface area contributed by atoms with Crippen LogP contribution in [-0.2, 0) is 4.79 Å². The molecule has 1 amide bonds. The zero-order chi connectivity index (χ0) is 14.7. The maximum Gasteiger partial charge on any atom is 0.239 e. The molecule has 0 aliphatic carbocycles. The lowest BCUT2D eigenvalue weighted by atomic mass is 10.2. The predicted molar refractivity (Wildman–Crippen MR) is 81.4 cm³/mol. The molecular weight excluding hydrogens is 286 g/mol. The molecule has 21 heavy (non-hydrogen) atoms. The Bertz CT molecular complexity index is 609. The summed E-state index contributed by atoms with van der Waals surface area (Å²) in [7, 11) is 0. The molecule has 2 aromatic heterocycles. The monoisotopic (exact) mass is 303 g/mol. The number of rotatable bonds is 4. The molecule has 0 aromatic carbocycles. The highest BCUT2D eigenvalue weighted by atomic mass is 32.1. The van der Waals surface area contributed by atoms with Crippen molar-refractivity contribution in [3.8, 4) is 11.3 Å². The Kier molecular flexibility index (Phi) is 4.23. The molecule has 1 aliphatic rings. The minimum absolute atomic E-state index is 0.00521. The van der Waals surface area contributed by atoms with Crippen molar-refractivity contribution >= 4 is 17.2 Å². The van der Waals surface area contributed by atoms with E-state index in [1.165, 1.54) is 0 Å². The molecule has 6 nitrogen and oxygen atoms in total. The Morgan fingerprint density at radius 1 is 1.57 bits per heavy atom. The predicted octanol–water partition coefficient (Wildman–Crippen LogP) is 1.25. The van der Waals surface area contributed by atoms with E-state index in [9.17, 15) is 4.79 Å². The molecule has 3 heterocycles. The highest BCUT2D eigenvalue weighted by molar-refractivity contribution is 7.10. The lowest BCUT2D eigenvalue weighted by Gasteiger charge is -2.14. The third kappa shape index (κ3) is 3.26. The molecule has 1 fully saturated rings. The molecular formula is C14H17N5OS. The topological polar surface area (TPSA) is 78.9 Å². The van der Waals surface area contributed by atoms with Gasteiger partial charge in [0, 0.05) is 29.9 Å². The molecule has 1 aliphatic heterocycles. The third-order valence-electron chi connectivity index (χ3n) is 3.36. The number of amides is 1. The highest BCUT2D eigenvalue weighted by Gasteiger charge is 2.24. The first-order chi connectivity index (χ1) is 10.2. The average molecular weight is 303 g/mol. The smallest absolute Gasteiger partial charge is 0.239 e. The van der Waals surface area contributed by atoms with Crippen LogP contribution in [0.15, 0.2) is 29.9 Å². The molecule has 2 aromatic rings. The minimum Gasteiger partial charge on any atom is -0.346 e. The quantitative estimate of drug-likeness (QED) is 0.792. The number of thiazole rings is 1. The number of hydrazine groups is 1. The summed E-state index contributed by atoms with van der Waals surface area (Å²) in [4.78, 5) is 20.7. The Balaban J connectivity index is 1.66. The fraction of sp³-hybridized carbons (Fsp3) is 0.357. The molecule has 0 radical (unpaired) electrons. The van der Waals surface area contributed by atoms with Gasteiger partial charge in [0.1, 0.15) is 11.0 Å². The number of nitrogens with zero attached hydrogens (tertiary/aromatic N) is 2. The van der Waals surface area contributed by atoms with E-state index in [1.807, 2.05) is 24.4 Å². The molecule has 0 bridgehead atoms. The van der Waals surface area contributed by atoms with E-state index in [-0.39, 0.29) is 18.0 Å². The van der Waals surface area contributed by atoms with Gasteiger partial charge in [-0.05, 0) is 25.5 Å². The van der Waals surface area contributed by atoms with Gasteiger partial charge < -0.3 is 5.32 Å². The summed E-state index contributed by atoms with van der Waals surface area (Å²) in [6, 6.07) is 3.60. The van der Waals surface area contributed by atoms with Crippen molar-refractivity contribution < 1.29 is 4.79 Å². The second-order valence-electron chi connectivity index (χ2n) is 4.96. The molecule has 3 rings (SSSR count). The molecule has 0 spiro atoms. The average Bonchev–Trinajstić information content (AvgIpc) is 3.20. The highest BCUT2D eigenvalue weighted by Crippen LogP contribution is 2.24. The second-order valence-corrected chi connectivity index (χ2v) is 5.85. The second kappa shape index (κ2) is 6.30. The maximum atomic E-state index is 12.1. The Morgan fingerprint density at radius 2 is 2.48 bits per heavy atom. The van der Waals surface area contributed by atoms with Crippen molar-refractivity contribution in [2.75, 3.05) is 6.54 Å². The molecule has 3 N–H and O–H groups in total. The molecule has 2 unspecified atom stereocenters. The number of hydrogen-bond acceptors (Lipinski definition) is 6. The van der Waals surface area contributed by atoms with E-state index in [2.05, 4.69) is 26.1 Å². The Hall–Kier alpha value is -1.83. The van der Waals surface area contributed by atoms with Crippen molar-refractivity contribution in [2.45, 2.75) is 25.4 Å². The lowest BCUT2D eigenvalue weighted by molar-refractivity contribution is -0.123. The van der Waals surface area contributed by atoms with Gasteiger partial charge in [-0.15, -0.1) is 11.3 Å². The zero-order valence-electron chi connectivity index (χ0n) is 11.7. The summed E-state index contributed by atoms with van der Waals surface area (Å²) in [6.45, 7) is 2.76. The van der Waals surface area contributed by atoms with Gasteiger partial charge in [-0.2, -0.15) is 0 Å². The van der Waals surface area contributed by atoms with Gasteiger partial charge in [0.05, 0.1) is 11.7 Å². The van der Waals surface area contributed by atoms with Crippen LogP contribution in [0.3, 0.4) is 0 Å². The van der Waals surface area contributed by atoms with E-state index in [4.69, 9.17) is 0 Å². The van der Waals surface area contributed by atoms with Gasteiger partial charge in [-0.3, -0.25) is 15.2 Å². The van der Waals surface area contributed by atoms with E-state index in [1.54, 1.807) is 23.7 Å². The van der Waals surface area contributed by atoms with E-state index >= 15 is 0 Å². The molecule has 1 saturated heterocycles. The first-order valence-electron chi connectivity index (χ1n) is 6.88. The van der Waals surface area contributed by atoms with Crippen molar-refractivity contribution in [1.82, 2.24) is 26.1 Å². The van der Waals surface area contributed by atoms with Gasteiger partial charge in [0.25, 0.3) is 0 Å². The standard InChI is InChI=1S/C14H17N5OS/c1-9(17-13(20)11-4-6-16-19-11)14-18-12(8-21-14)10-3-2-5-15-7-10/h2-3,5,7-9,11,16,19H,4,6H2,1H3,(H,17,20). The van der Waals surface area contributed by atoms with Crippen LogP contribution >= 0.6 is 11.3 Å².